The van der Waals surface area contributed by atoms with E-state index < -0.39 is 0 Å². The van der Waals surface area contributed by atoms with Crippen LogP contribution in [0.15, 0.2) is 41.5 Å². The van der Waals surface area contributed by atoms with Gasteiger partial charge in [-0.3, -0.25) is 14.9 Å². The van der Waals surface area contributed by atoms with Crippen LogP contribution in [0.25, 0.3) is 5.65 Å². The second-order valence-electron chi connectivity index (χ2n) is 4.90. The summed E-state index contributed by atoms with van der Waals surface area (Å²) in [7, 11) is 0. The Morgan fingerprint density at radius 2 is 2.36 bits per heavy atom. The van der Waals surface area contributed by atoms with Crippen LogP contribution in [0.4, 0.5) is 0 Å². The predicted molar refractivity (Wildman–Crippen MR) is 80.0 cm³/mol. The molecule has 1 atom stereocenters. The Balaban J connectivity index is 1.83. The second-order valence-corrected chi connectivity index (χ2v) is 4.90. The molecule has 0 aliphatic carbocycles. The fraction of sp³-hybridized carbons (Fsp3) is 0.200. The Morgan fingerprint density at radius 3 is 3.09 bits per heavy atom. The molecule has 0 radical (unpaired) electrons. The number of hydrogen-bond acceptors (Lipinski definition) is 5. The Labute approximate surface area is 126 Å². The molecule has 0 saturated heterocycles. The smallest absolute Gasteiger partial charge is 0.272 e. The Bertz CT molecular complexity index is 890. The van der Waals surface area contributed by atoms with Crippen molar-refractivity contribution < 1.29 is 0 Å². The first-order valence-electron chi connectivity index (χ1n) is 6.83. The molecular formula is C15H14N6O. The van der Waals surface area contributed by atoms with E-state index in [1.165, 1.54) is 16.8 Å². The summed E-state index contributed by atoms with van der Waals surface area (Å²) in [4.78, 5) is 20.6. The van der Waals surface area contributed by atoms with Crippen molar-refractivity contribution in [3.8, 4) is 6.07 Å². The molecule has 3 heterocycles. The van der Waals surface area contributed by atoms with Crippen molar-refractivity contribution >= 4 is 5.65 Å². The molecule has 0 amide bonds. The van der Waals surface area contributed by atoms with Crippen molar-refractivity contribution in [2.45, 2.75) is 19.5 Å². The van der Waals surface area contributed by atoms with Crippen molar-refractivity contribution in [2.75, 3.05) is 0 Å². The van der Waals surface area contributed by atoms with E-state index in [4.69, 9.17) is 5.26 Å². The van der Waals surface area contributed by atoms with Crippen molar-refractivity contribution in [1.29, 1.82) is 5.26 Å². The standard InChI is InChI=1S/C15H14N6O/c1-10(13-4-2-3-5-17-13)18-9-12-6-14(22)21-15(20-12)11(7-16)8-19-21/h2-6,8,10,18-19H,9H2,1H3. The van der Waals surface area contributed by atoms with E-state index in [1.807, 2.05) is 31.2 Å². The van der Waals surface area contributed by atoms with Crippen LogP contribution in [-0.2, 0) is 6.54 Å². The minimum absolute atomic E-state index is 0.0307. The number of pyridine rings is 1. The molecule has 0 aromatic carbocycles. The highest BCUT2D eigenvalue weighted by Gasteiger charge is 2.10. The lowest BCUT2D eigenvalue weighted by Gasteiger charge is -2.12. The monoisotopic (exact) mass is 294 g/mol. The predicted octanol–water partition coefficient (Wildman–Crippen LogP) is 1.14. The summed E-state index contributed by atoms with van der Waals surface area (Å²) in [6.07, 6.45) is 3.21. The molecule has 2 N–H and O–H groups in total. The van der Waals surface area contributed by atoms with Gasteiger partial charge < -0.3 is 5.32 Å². The summed E-state index contributed by atoms with van der Waals surface area (Å²) < 4.78 is 1.25. The maximum Gasteiger partial charge on any atom is 0.272 e. The molecule has 0 spiro atoms. The largest absolute Gasteiger partial charge is 0.303 e. The number of rotatable bonds is 4. The zero-order valence-corrected chi connectivity index (χ0v) is 11.9. The number of hydrogen-bond donors (Lipinski definition) is 2. The molecule has 0 saturated carbocycles. The Morgan fingerprint density at radius 1 is 1.50 bits per heavy atom. The third kappa shape index (κ3) is 2.60. The normalized spacial score (nSPS) is 12.2. The number of nitrogens with one attached hydrogen (secondary N) is 2. The molecule has 3 aromatic heterocycles. The van der Waals surface area contributed by atoms with Gasteiger partial charge in [0.05, 0.1) is 11.4 Å². The van der Waals surface area contributed by atoms with Crippen molar-refractivity contribution in [1.82, 2.24) is 24.9 Å². The number of fused-ring (bicyclic) bond motifs is 1. The van der Waals surface area contributed by atoms with E-state index in [0.717, 1.165) is 5.69 Å². The zero-order valence-electron chi connectivity index (χ0n) is 11.9. The molecule has 3 aromatic rings. The van der Waals surface area contributed by atoms with Gasteiger partial charge in [0.2, 0.25) is 0 Å². The fourth-order valence-corrected chi connectivity index (χ4v) is 2.20. The van der Waals surface area contributed by atoms with E-state index in [9.17, 15) is 4.79 Å². The number of nitrogens with zero attached hydrogens (tertiary/aromatic N) is 4. The summed E-state index contributed by atoms with van der Waals surface area (Å²) in [6, 6.07) is 9.21. The molecule has 1 unspecified atom stereocenters. The molecule has 0 fully saturated rings. The molecule has 7 nitrogen and oxygen atoms in total. The lowest BCUT2D eigenvalue weighted by molar-refractivity contribution is 0.554. The van der Waals surface area contributed by atoms with Gasteiger partial charge in [-0.25, -0.2) is 9.50 Å². The van der Waals surface area contributed by atoms with Crippen molar-refractivity contribution in [2.24, 2.45) is 0 Å². The first-order valence-corrected chi connectivity index (χ1v) is 6.83. The molecule has 0 aliphatic heterocycles. The first kappa shape index (κ1) is 14.0. The van der Waals surface area contributed by atoms with Crippen LogP contribution in [0.1, 0.15) is 29.9 Å². The zero-order chi connectivity index (χ0) is 15.5. The van der Waals surface area contributed by atoms with Crippen molar-refractivity contribution in [3.05, 3.63) is 64.0 Å². The van der Waals surface area contributed by atoms with Gasteiger partial charge in [-0.05, 0) is 19.1 Å². The fourth-order valence-electron chi connectivity index (χ4n) is 2.20. The molecule has 0 aliphatic rings. The third-order valence-corrected chi connectivity index (χ3v) is 3.39. The van der Waals surface area contributed by atoms with Crippen LogP contribution in [-0.4, -0.2) is 19.6 Å². The number of aromatic amines is 1. The van der Waals surface area contributed by atoms with Crippen molar-refractivity contribution in [3.63, 3.8) is 0 Å². The molecular weight excluding hydrogens is 280 g/mol. The van der Waals surface area contributed by atoms with Crippen LogP contribution in [0, 0.1) is 11.3 Å². The van der Waals surface area contributed by atoms with E-state index in [2.05, 4.69) is 20.4 Å². The first-order chi connectivity index (χ1) is 10.7. The summed E-state index contributed by atoms with van der Waals surface area (Å²) in [5, 5.41) is 15.0. The van der Waals surface area contributed by atoms with Gasteiger partial charge in [0.15, 0.2) is 5.65 Å². The van der Waals surface area contributed by atoms with E-state index in [1.54, 1.807) is 6.20 Å². The molecule has 0 bridgehead atoms. The summed E-state index contributed by atoms with van der Waals surface area (Å²) in [6.45, 7) is 2.41. The molecule has 3 rings (SSSR count). The van der Waals surface area contributed by atoms with E-state index in [0.29, 0.717) is 23.4 Å². The van der Waals surface area contributed by atoms with Gasteiger partial charge in [-0.1, -0.05) is 6.07 Å². The minimum atomic E-state index is -0.242. The SMILES string of the molecule is CC(NCc1cc(=O)n2[nH]cc(C#N)c2n1)c1ccccn1. The maximum absolute atomic E-state index is 12.0. The minimum Gasteiger partial charge on any atom is -0.303 e. The van der Waals surface area contributed by atoms with Gasteiger partial charge in [-0.15, -0.1) is 0 Å². The van der Waals surface area contributed by atoms with Gasteiger partial charge in [-0.2, -0.15) is 5.26 Å². The lowest BCUT2D eigenvalue weighted by atomic mass is 10.2. The van der Waals surface area contributed by atoms with E-state index in [-0.39, 0.29) is 11.6 Å². The molecule has 110 valence electrons. The van der Waals surface area contributed by atoms with Gasteiger partial charge in [0.25, 0.3) is 5.56 Å². The summed E-state index contributed by atoms with van der Waals surface area (Å²) >= 11 is 0. The molecule has 22 heavy (non-hydrogen) atoms. The summed E-state index contributed by atoms with van der Waals surface area (Å²) in [5.74, 6) is 0. The Hall–Kier alpha value is -2.98. The van der Waals surface area contributed by atoms with Gasteiger partial charge in [0, 0.05) is 31.0 Å². The van der Waals surface area contributed by atoms with Crippen LogP contribution in [0.5, 0.6) is 0 Å². The summed E-state index contributed by atoms with van der Waals surface area (Å²) in [5.41, 5.74) is 1.95. The number of nitriles is 1. The Kier molecular flexibility index (Phi) is 3.68. The average Bonchev–Trinajstić information content (AvgIpc) is 2.97. The lowest BCUT2D eigenvalue weighted by Crippen LogP contribution is -2.22. The van der Waals surface area contributed by atoms with Crippen LogP contribution in [0.2, 0.25) is 0 Å². The van der Waals surface area contributed by atoms with Gasteiger partial charge >= 0.3 is 0 Å². The highest BCUT2D eigenvalue weighted by Crippen LogP contribution is 2.09. The number of aromatic nitrogens is 4. The van der Waals surface area contributed by atoms with Crippen LogP contribution >= 0.6 is 0 Å². The molecule has 7 heteroatoms. The maximum atomic E-state index is 12.0. The topological polar surface area (TPSA) is 98.9 Å². The van der Waals surface area contributed by atoms with Crippen LogP contribution in [0.3, 0.4) is 0 Å². The average molecular weight is 294 g/mol. The van der Waals surface area contributed by atoms with E-state index >= 15 is 0 Å². The van der Waals surface area contributed by atoms with Gasteiger partial charge in [0.1, 0.15) is 11.6 Å². The quantitative estimate of drug-likeness (QED) is 0.751. The second kappa shape index (κ2) is 5.79. The third-order valence-electron chi connectivity index (χ3n) is 3.39. The number of H-pyrrole nitrogens is 1. The highest BCUT2D eigenvalue weighted by atomic mass is 16.1. The highest BCUT2D eigenvalue weighted by molar-refractivity contribution is 5.53. The van der Waals surface area contributed by atoms with Crippen LogP contribution < -0.4 is 10.9 Å².